The van der Waals surface area contributed by atoms with Crippen LogP contribution in [0, 0.1) is 5.82 Å². The van der Waals surface area contributed by atoms with Gasteiger partial charge in [0.1, 0.15) is 11.6 Å². The zero-order valence-corrected chi connectivity index (χ0v) is 16.0. The van der Waals surface area contributed by atoms with Gasteiger partial charge in [-0.15, -0.1) is 0 Å². The lowest BCUT2D eigenvalue weighted by Gasteiger charge is -2.19. The number of carbonyl (C=O) groups excluding carboxylic acids is 2. The van der Waals surface area contributed by atoms with E-state index in [4.69, 9.17) is 5.73 Å². The Labute approximate surface area is 168 Å². The summed E-state index contributed by atoms with van der Waals surface area (Å²) in [5.41, 5.74) is 9.77. The van der Waals surface area contributed by atoms with E-state index in [1.165, 1.54) is 19.1 Å². The predicted molar refractivity (Wildman–Crippen MR) is 109 cm³/mol. The highest BCUT2D eigenvalue weighted by atomic mass is 19.1. The largest absolute Gasteiger partial charge is 0.366 e. The molecule has 1 aliphatic rings. The van der Waals surface area contributed by atoms with Gasteiger partial charge in [-0.1, -0.05) is 12.1 Å². The van der Waals surface area contributed by atoms with E-state index in [0.29, 0.717) is 18.5 Å². The van der Waals surface area contributed by atoms with Gasteiger partial charge in [-0.3, -0.25) is 9.59 Å². The first kappa shape index (κ1) is 18.8. The summed E-state index contributed by atoms with van der Waals surface area (Å²) in [5.74, 6) is -0.454. The van der Waals surface area contributed by atoms with Crippen LogP contribution in [0.25, 0.3) is 0 Å². The number of nitrogens with zero attached hydrogens (tertiary/aromatic N) is 2. The fourth-order valence-corrected chi connectivity index (χ4v) is 3.81. The number of Topliss-reactive ketones (excluding diaryl/α,β-unsaturated/α-hetero) is 1. The van der Waals surface area contributed by atoms with E-state index in [1.807, 2.05) is 24.3 Å². The molecule has 6 heteroatoms. The minimum Gasteiger partial charge on any atom is -0.366 e. The van der Waals surface area contributed by atoms with Crippen LogP contribution in [0.2, 0.25) is 0 Å². The van der Waals surface area contributed by atoms with Crippen LogP contribution in [0.3, 0.4) is 0 Å². The molecule has 0 atom stereocenters. The minimum absolute atomic E-state index is 0.100. The Balaban J connectivity index is 1.62. The van der Waals surface area contributed by atoms with Crippen LogP contribution in [-0.2, 0) is 12.8 Å². The van der Waals surface area contributed by atoms with Crippen LogP contribution in [0.5, 0.6) is 0 Å². The van der Waals surface area contributed by atoms with Crippen LogP contribution in [0.4, 0.5) is 15.9 Å². The Morgan fingerprint density at radius 3 is 2.62 bits per heavy atom. The van der Waals surface area contributed by atoms with Crippen LogP contribution in [0.1, 0.15) is 44.3 Å². The van der Waals surface area contributed by atoms with Crippen molar-refractivity contribution in [1.29, 1.82) is 0 Å². The molecule has 0 radical (unpaired) electrons. The van der Waals surface area contributed by atoms with Gasteiger partial charge in [-0.25, -0.2) is 9.37 Å². The number of hydrogen-bond donors (Lipinski definition) is 1. The van der Waals surface area contributed by atoms with E-state index in [2.05, 4.69) is 9.88 Å². The van der Waals surface area contributed by atoms with Crippen molar-refractivity contribution in [3.8, 4) is 0 Å². The van der Waals surface area contributed by atoms with Crippen molar-refractivity contribution in [2.24, 2.45) is 5.73 Å². The van der Waals surface area contributed by atoms with E-state index in [9.17, 15) is 14.0 Å². The summed E-state index contributed by atoms with van der Waals surface area (Å²) >= 11 is 0. The lowest BCUT2D eigenvalue weighted by atomic mass is 10.0. The number of carbonyl (C=O) groups is 2. The van der Waals surface area contributed by atoms with Gasteiger partial charge in [-0.05, 0) is 72.9 Å². The molecule has 0 saturated heterocycles. The number of aromatic nitrogens is 1. The molecule has 3 aromatic rings. The standard InChI is InChI=1S/C23H20FN3O2/c1-14(28)17-6-5-15(12-20(17)24)11-16-7-9-26-22(13-16)27-10-8-18-19(23(25)29)3-2-4-21(18)27/h2-7,9,12-13H,8,10-11H2,1H3,(H2,25,29). The molecule has 1 aromatic heterocycles. The van der Waals surface area contributed by atoms with Crippen molar-refractivity contribution in [2.75, 3.05) is 11.4 Å². The monoisotopic (exact) mass is 389 g/mol. The fraction of sp³-hybridized carbons (Fsp3) is 0.174. The molecule has 4 rings (SSSR count). The lowest BCUT2D eigenvalue weighted by molar-refractivity contribution is 0.0994. The summed E-state index contributed by atoms with van der Waals surface area (Å²) in [6, 6.07) is 14.1. The Kier molecular flexibility index (Phi) is 4.84. The molecule has 2 aromatic carbocycles. The smallest absolute Gasteiger partial charge is 0.249 e. The number of ketones is 1. The molecule has 1 aliphatic heterocycles. The molecule has 0 fully saturated rings. The maximum Gasteiger partial charge on any atom is 0.249 e. The third-order valence-electron chi connectivity index (χ3n) is 5.20. The molecular formula is C23H20FN3O2. The maximum atomic E-state index is 14.1. The second-order valence-corrected chi connectivity index (χ2v) is 7.14. The van der Waals surface area contributed by atoms with Gasteiger partial charge in [0.05, 0.1) is 5.56 Å². The second-order valence-electron chi connectivity index (χ2n) is 7.14. The van der Waals surface area contributed by atoms with Gasteiger partial charge in [-0.2, -0.15) is 0 Å². The Hall–Kier alpha value is -3.54. The summed E-state index contributed by atoms with van der Waals surface area (Å²) in [7, 11) is 0. The van der Waals surface area contributed by atoms with Crippen molar-refractivity contribution in [3.05, 3.63) is 88.4 Å². The topological polar surface area (TPSA) is 76.3 Å². The molecule has 0 saturated carbocycles. The average Bonchev–Trinajstić information content (AvgIpc) is 3.12. The highest BCUT2D eigenvalue weighted by Crippen LogP contribution is 2.35. The summed E-state index contributed by atoms with van der Waals surface area (Å²) in [4.78, 5) is 29.6. The van der Waals surface area contributed by atoms with Crippen molar-refractivity contribution >= 4 is 23.2 Å². The Morgan fingerprint density at radius 1 is 1.10 bits per heavy atom. The first-order valence-electron chi connectivity index (χ1n) is 9.37. The van der Waals surface area contributed by atoms with Crippen molar-refractivity contribution in [3.63, 3.8) is 0 Å². The molecule has 1 amide bonds. The number of amides is 1. The molecule has 146 valence electrons. The van der Waals surface area contributed by atoms with Crippen molar-refractivity contribution in [1.82, 2.24) is 4.98 Å². The number of anilines is 2. The quantitative estimate of drug-likeness (QED) is 0.674. The highest BCUT2D eigenvalue weighted by Gasteiger charge is 2.25. The zero-order valence-electron chi connectivity index (χ0n) is 16.0. The summed E-state index contributed by atoms with van der Waals surface area (Å²) in [6.07, 6.45) is 2.96. The summed E-state index contributed by atoms with van der Waals surface area (Å²) in [5, 5.41) is 0. The molecule has 0 spiro atoms. The van der Waals surface area contributed by atoms with Gasteiger partial charge in [0.25, 0.3) is 0 Å². The maximum absolute atomic E-state index is 14.1. The second kappa shape index (κ2) is 7.47. The predicted octanol–water partition coefficient (Wildman–Crippen LogP) is 3.81. The first-order valence-corrected chi connectivity index (χ1v) is 9.37. The number of primary amides is 1. The third kappa shape index (κ3) is 3.61. The van der Waals surface area contributed by atoms with Crippen molar-refractivity contribution < 1.29 is 14.0 Å². The first-order chi connectivity index (χ1) is 13.9. The van der Waals surface area contributed by atoms with Gasteiger partial charge in [0.15, 0.2) is 5.78 Å². The third-order valence-corrected chi connectivity index (χ3v) is 5.20. The fourth-order valence-electron chi connectivity index (χ4n) is 3.81. The number of nitrogens with two attached hydrogens (primary N) is 1. The number of rotatable bonds is 5. The molecule has 29 heavy (non-hydrogen) atoms. The van der Waals surface area contributed by atoms with Crippen molar-refractivity contribution in [2.45, 2.75) is 19.8 Å². The van der Waals surface area contributed by atoms with E-state index in [-0.39, 0.29) is 11.3 Å². The minimum atomic E-state index is -0.503. The SMILES string of the molecule is CC(=O)c1ccc(Cc2ccnc(N3CCc4c(C(N)=O)cccc43)c2)cc1F. The molecule has 0 unspecified atom stereocenters. The number of fused-ring (bicyclic) bond motifs is 1. The van der Waals surface area contributed by atoms with E-state index >= 15 is 0 Å². The average molecular weight is 389 g/mol. The zero-order chi connectivity index (χ0) is 20.5. The molecule has 2 heterocycles. The molecule has 0 aliphatic carbocycles. The Morgan fingerprint density at radius 2 is 1.90 bits per heavy atom. The van der Waals surface area contributed by atoms with Crippen LogP contribution >= 0.6 is 0 Å². The number of benzene rings is 2. The normalized spacial score (nSPS) is 12.7. The van der Waals surface area contributed by atoms with E-state index in [0.717, 1.165) is 34.6 Å². The lowest BCUT2D eigenvalue weighted by Crippen LogP contribution is -2.15. The van der Waals surface area contributed by atoms with Gasteiger partial charge < -0.3 is 10.6 Å². The molecular weight excluding hydrogens is 369 g/mol. The molecule has 5 nitrogen and oxygen atoms in total. The highest BCUT2D eigenvalue weighted by molar-refractivity contribution is 5.97. The van der Waals surface area contributed by atoms with E-state index in [1.54, 1.807) is 18.3 Å². The van der Waals surface area contributed by atoms with Crippen LogP contribution < -0.4 is 10.6 Å². The Bertz CT molecular complexity index is 1130. The summed E-state index contributed by atoms with van der Waals surface area (Å²) < 4.78 is 14.1. The van der Waals surface area contributed by atoms with Crippen LogP contribution in [0.15, 0.2) is 54.7 Å². The van der Waals surface area contributed by atoms with Gasteiger partial charge >= 0.3 is 0 Å². The molecule has 2 N–H and O–H groups in total. The van der Waals surface area contributed by atoms with Crippen LogP contribution in [-0.4, -0.2) is 23.2 Å². The number of hydrogen-bond acceptors (Lipinski definition) is 4. The van der Waals surface area contributed by atoms with E-state index < -0.39 is 11.7 Å². The number of halogens is 1. The van der Waals surface area contributed by atoms with Gasteiger partial charge in [0.2, 0.25) is 5.91 Å². The van der Waals surface area contributed by atoms with Gasteiger partial charge in [0, 0.05) is 24.0 Å². The number of pyridine rings is 1. The molecule has 0 bridgehead atoms. The summed E-state index contributed by atoms with van der Waals surface area (Å²) in [6.45, 7) is 2.06.